The summed E-state index contributed by atoms with van der Waals surface area (Å²) in [7, 11) is 1.74. The molecule has 3 N–H and O–H groups in total. The summed E-state index contributed by atoms with van der Waals surface area (Å²) in [4.78, 5) is 21.9. The number of aromatic nitrogens is 1. The van der Waals surface area contributed by atoms with Crippen LogP contribution in [0, 0.1) is 13.8 Å². The summed E-state index contributed by atoms with van der Waals surface area (Å²) in [5.74, 6) is 0.738. The molecule has 0 aliphatic carbocycles. The maximum atomic E-state index is 12.0. The van der Waals surface area contributed by atoms with Crippen LogP contribution in [0.2, 0.25) is 0 Å². The van der Waals surface area contributed by atoms with Crippen molar-refractivity contribution in [1.29, 1.82) is 0 Å². The molecule has 0 aliphatic heterocycles. The molecule has 7 nitrogen and oxygen atoms in total. The number of furan rings is 1. The summed E-state index contributed by atoms with van der Waals surface area (Å²) in [5, 5.41) is 10.5. The second kappa shape index (κ2) is 9.18. The summed E-state index contributed by atoms with van der Waals surface area (Å²) >= 11 is 1.69. The molecule has 3 rings (SSSR count). The van der Waals surface area contributed by atoms with Crippen molar-refractivity contribution in [3.05, 3.63) is 69.6 Å². The van der Waals surface area contributed by atoms with Crippen molar-refractivity contribution in [2.45, 2.75) is 26.9 Å². The summed E-state index contributed by atoms with van der Waals surface area (Å²) in [5.41, 5.74) is 2.84. The van der Waals surface area contributed by atoms with Gasteiger partial charge in [-0.05, 0) is 43.7 Å². The number of anilines is 1. The smallest absolute Gasteiger partial charge is 0.291 e. The van der Waals surface area contributed by atoms with Crippen LogP contribution >= 0.6 is 11.3 Å². The number of hydrogen-bond donors (Lipinski definition) is 3. The fourth-order valence-corrected chi connectivity index (χ4v) is 3.49. The molecule has 0 saturated carbocycles. The monoisotopic (exact) mass is 397 g/mol. The number of carbonyl (C=O) groups excluding carboxylic acids is 1. The van der Waals surface area contributed by atoms with Gasteiger partial charge in [-0.25, -0.2) is 4.98 Å². The second-order valence-corrected chi connectivity index (χ2v) is 7.44. The number of nitrogens with zero attached hydrogens (tertiary/aromatic N) is 2. The van der Waals surface area contributed by atoms with Gasteiger partial charge < -0.3 is 20.4 Å². The molecule has 0 unspecified atom stereocenters. The maximum Gasteiger partial charge on any atom is 0.291 e. The molecule has 146 valence electrons. The first-order valence-corrected chi connectivity index (χ1v) is 9.68. The highest BCUT2D eigenvalue weighted by molar-refractivity contribution is 7.11. The molecule has 28 heavy (non-hydrogen) atoms. The quantitative estimate of drug-likeness (QED) is 0.438. The van der Waals surface area contributed by atoms with Crippen LogP contribution in [0.4, 0.5) is 5.69 Å². The van der Waals surface area contributed by atoms with Crippen molar-refractivity contribution >= 4 is 28.9 Å². The number of benzene rings is 1. The van der Waals surface area contributed by atoms with E-state index in [0.29, 0.717) is 18.8 Å². The van der Waals surface area contributed by atoms with Gasteiger partial charge in [0.15, 0.2) is 11.7 Å². The summed E-state index contributed by atoms with van der Waals surface area (Å²) in [6.45, 7) is 5.33. The zero-order valence-electron chi connectivity index (χ0n) is 16.1. The van der Waals surface area contributed by atoms with Crippen molar-refractivity contribution in [2.75, 3.05) is 12.4 Å². The molecule has 0 spiro atoms. The first-order valence-electron chi connectivity index (χ1n) is 8.86. The fraction of sp³-hybridized carbons (Fsp3) is 0.250. The largest absolute Gasteiger partial charge is 0.459 e. The second-order valence-electron chi connectivity index (χ2n) is 6.15. The molecule has 2 heterocycles. The van der Waals surface area contributed by atoms with Crippen LogP contribution in [0.3, 0.4) is 0 Å². The standard InChI is InChI=1S/C20H23N5O2S/c1-13-18(28-14(2)24-13)12-23-20(21-3)22-11-15-6-8-16(9-7-15)25-19(26)17-5-4-10-27-17/h4-10H,11-12H2,1-3H3,(H,25,26)(H2,21,22,23). The topological polar surface area (TPSA) is 91.5 Å². The van der Waals surface area contributed by atoms with E-state index < -0.39 is 0 Å². The van der Waals surface area contributed by atoms with Crippen LogP contribution in [0.15, 0.2) is 52.1 Å². The van der Waals surface area contributed by atoms with Gasteiger partial charge in [-0.3, -0.25) is 9.79 Å². The Morgan fingerprint density at radius 3 is 2.50 bits per heavy atom. The average molecular weight is 398 g/mol. The molecule has 0 aliphatic rings. The maximum absolute atomic E-state index is 12.0. The molecule has 0 bridgehead atoms. The van der Waals surface area contributed by atoms with Gasteiger partial charge in [-0.2, -0.15) is 0 Å². The molecule has 2 aromatic heterocycles. The average Bonchev–Trinajstić information content (AvgIpc) is 3.33. The first-order chi connectivity index (χ1) is 13.5. The SMILES string of the molecule is CN=C(NCc1ccc(NC(=O)c2ccco2)cc1)NCc1sc(C)nc1C. The Morgan fingerprint density at radius 1 is 1.14 bits per heavy atom. The minimum Gasteiger partial charge on any atom is -0.459 e. The van der Waals surface area contributed by atoms with E-state index in [9.17, 15) is 4.79 Å². The Bertz CT molecular complexity index is 946. The zero-order valence-corrected chi connectivity index (χ0v) is 16.9. The van der Waals surface area contributed by atoms with Crippen LogP contribution in [-0.4, -0.2) is 23.9 Å². The Balaban J connectivity index is 1.49. The molecular weight excluding hydrogens is 374 g/mol. The van der Waals surface area contributed by atoms with Gasteiger partial charge in [-0.15, -0.1) is 11.3 Å². The van der Waals surface area contributed by atoms with E-state index in [1.807, 2.05) is 38.1 Å². The highest BCUT2D eigenvalue weighted by Gasteiger charge is 2.09. The van der Waals surface area contributed by atoms with Crippen molar-refractivity contribution in [3.63, 3.8) is 0 Å². The number of aliphatic imine (C=N–C) groups is 1. The summed E-state index contributed by atoms with van der Waals surface area (Å²) < 4.78 is 5.09. The lowest BCUT2D eigenvalue weighted by Gasteiger charge is -2.12. The van der Waals surface area contributed by atoms with Gasteiger partial charge in [-0.1, -0.05) is 12.1 Å². The van der Waals surface area contributed by atoms with Gasteiger partial charge in [0, 0.05) is 24.2 Å². The van der Waals surface area contributed by atoms with E-state index in [4.69, 9.17) is 4.42 Å². The van der Waals surface area contributed by atoms with Crippen molar-refractivity contribution in [2.24, 2.45) is 4.99 Å². The number of nitrogens with one attached hydrogen (secondary N) is 3. The fourth-order valence-electron chi connectivity index (χ4n) is 2.61. The first kappa shape index (κ1) is 19.6. The lowest BCUT2D eigenvalue weighted by molar-refractivity contribution is 0.0996. The van der Waals surface area contributed by atoms with Crippen LogP contribution in [0.5, 0.6) is 0 Å². The van der Waals surface area contributed by atoms with Crippen LogP contribution in [-0.2, 0) is 13.1 Å². The highest BCUT2D eigenvalue weighted by Crippen LogP contribution is 2.16. The third-order valence-electron chi connectivity index (χ3n) is 4.06. The van der Waals surface area contributed by atoms with Gasteiger partial charge in [0.05, 0.1) is 23.5 Å². The van der Waals surface area contributed by atoms with E-state index >= 15 is 0 Å². The van der Waals surface area contributed by atoms with E-state index in [-0.39, 0.29) is 11.7 Å². The minimum atomic E-state index is -0.269. The summed E-state index contributed by atoms with van der Waals surface area (Å²) in [6, 6.07) is 10.9. The lowest BCUT2D eigenvalue weighted by atomic mass is 10.2. The number of carbonyl (C=O) groups is 1. The molecule has 0 fully saturated rings. The molecule has 0 radical (unpaired) electrons. The van der Waals surface area contributed by atoms with Crippen LogP contribution in [0.1, 0.15) is 31.7 Å². The van der Waals surface area contributed by atoms with Crippen LogP contribution in [0.25, 0.3) is 0 Å². The van der Waals surface area contributed by atoms with E-state index in [2.05, 4.69) is 25.9 Å². The zero-order chi connectivity index (χ0) is 19.9. The molecule has 1 aromatic carbocycles. The molecule has 8 heteroatoms. The Kier molecular flexibility index (Phi) is 6.44. The third kappa shape index (κ3) is 5.20. The van der Waals surface area contributed by atoms with Gasteiger partial charge in [0.1, 0.15) is 0 Å². The Morgan fingerprint density at radius 2 is 1.89 bits per heavy atom. The Hall–Kier alpha value is -3.13. The van der Waals surface area contributed by atoms with E-state index in [0.717, 1.165) is 22.2 Å². The number of hydrogen-bond acceptors (Lipinski definition) is 5. The van der Waals surface area contributed by atoms with Crippen molar-refractivity contribution in [1.82, 2.24) is 15.6 Å². The number of aryl methyl sites for hydroxylation is 2. The predicted octanol–water partition coefficient (Wildman–Crippen LogP) is 3.47. The molecule has 3 aromatic rings. The number of thiazole rings is 1. The lowest BCUT2D eigenvalue weighted by Crippen LogP contribution is -2.36. The van der Waals surface area contributed by atoms with E-state index in [1.165, 1.54) is 11.1 Å². The molecular formula is C20H23N5O2S. The van der Waals surface area contributed by atoms with Gasteiger partial charge >= 0.3 is 0 Å². The predicted molar refractivity (Wildman–Crippen MR) is 112 cm³/mol. The molecule has 1 amide bonds. The highest BCUT2D eigenvalue weighted by atomic mass is 32.1. The number of guanidine groups is 1. The van der Waals surface area contributed by atoms with Crippen LogP contribution < -0.4 is 16.0 Å². The Labute approximate surface area is 167 Å². The summed E-state index contributed by atoms with van der Waals surface area (Å²) in [6.07, 6.45) is 1.47. The molecule has 0 atom stereocenters. The van der Waals surface area contributed by atoms with Gasteiger partial charge in [0.25, 0.3) is 5.91 Å². The van der Waals surface area contributed by atoms with Gasteiger partial charge in [0.2, 0.25) is 0 Å². The number of amides is 1. The third-order valence-corrected chi connectivity index (χ3v) is 5.13. The minimum absolute atomic E-state index is 0.269. The van der Waals surface area contributed by atoms with Crippen molar-refractivity contribution < 1.29 is 9.21 Å². The van der Waals surface area contributed by atoms with Crippen molar-refractivity contribution in [3.8, 4) is 0 Å². The molecule has 0 saturated heterocycles. The van der Waals surface area contributed by atoms with E-state index in [1.54, 1.807) is 30.5 Å². The normalized spacial score (nSPS) is 11.3. The number of rotatable bonds is 6.